The number of hydrogen-bond acceptors (Lipinski definition) is 3. The minimum Gasteiger partial charge on any atom is -0.478 e. The first-order valence-electron chi connectivity index (χ1n) is 5.74. The SMILES string of the molecule is Cc1ccc(C(=O)c2ccccc2N)c(C(=O)O)c1. The molecule has 0 aliphatic rings. The number of aryl methyl sites for hydroxylation is 1. The molecule has 0 atom stereocenters. The van der Waals surface area contributed by atoms with Crippen molar-refractivity contribution in [2.75, 3.05) is 5.73 Å². The summed E-state index contributed by atoms with van der Waals surface area (Å²) in [6.07, 6.45) is 0. The van der Waals surface area contributed by atoms with Gasteiger partial charge < -0.3 is 10.8 Å². The van der Waals surface area contributed by atoms with Gasteiger partial charge in [0.05, 0.1) is 5.56 Å². The molecule has 4 nitrogen and oxygen atoms in total. The van der Waals surface area contributed by atoms with Gasteiger partial charge in [-0.25, -0.2) is 4.79 Å². The second-order valence-electron chi connectivity index (χ2n) is 4.27. The van der Waals surface area contributed by atoms with Gasteiger partial charge in [-0.15, -0.1) is 0 Å². The van der Waals surface area contributed by atoms with Crippen LogP contribution < -0.4 is 5.73 Å². The van der Waals surface area contributed by atoms with Crippen LogP contribution >= 0.6 is 0 Å². The molecule has 96 valence electrons. The molecule has 0 unspecified atom stereocenters. The Morgan fingerprint density at radius 1 is 1.00 bits per heavy atom. The van der Waals surface area contributed by atoms with Crippen molar-refractivity contribution in [3.63, 3.8) is 0 Å². The van der Waals surface area contributed by atoms with Crippen LogP contribution in [-0.4, -0.2) is 16.9 Å². The smallest absolute Gasteiger partial charge is 0.336 e. The molecule has 0 aliphatic carbocycles. The second kappa shape index (κ2) is 4.94. The van der Waals surface area contributed by atoms with E-state index in [9.17, 15) is 14.7 Å². The molecule has 0 saturated heterocycles. The van der Waals surface area contributed by atoms with Crippen molar-refractivity contribution in [3.8, 4) is 0 Å². The Hall–Kier alpha value is -2.62. The number of anilines is 1. The summed E-state index contributed by atoms with van der Waals surface area (Å²) in [5.41, 5.74) is 7.33. The Kier molecular flexibility index (Phi) is 3.33. The molecule has 2 aromatic rings. The fourth-order valence-corrected chi connectivity index (χ4v) is 1.88. The van der Waals surface area contributed by atoms with Crippen LogP contribution in [0.2, 0.25) is 0 Å². The molecular weight excluding hydrogens is 242 g/mol. The number of carboxylic acids is 1. The predicted octanol–water partition coefficient (Wildman–Crippen LogP) is 2.51. The normalized spacial score (nSPS) is 10.2. The Balaban J connectivity index is 2.57. The van der Waals surface area contributed by atoms with Crippen LogP contribution in [0.5, 0.6) is 0 Å². The minimum absolute atomic E-state index is 0.00625. The molecular formula is C15H13NO3. The van der Waals surface area contributed by atoms with Crippen molar-refractivity contribution in [2.45, 2.75) is 6.92 Å². The van der Waals surface area contributed by atoms with E-state index >= 15 is 0 Å². The predicted molar refractivity (Wildman–Crippen MR) is 72.4 cm³/mol. The largest absolute Gasteiger partial charge is 0.478 e. The maximum absolute atomic E-state index is 12.4. The standard InChI is InChI=1S/C15H13NO3/c1-9-6-7-10(12(8-9)15(18)19)14(17)11-4-2-3-5-13(11)16/h2-8H,16H2,1H3,(H,18,19). The highest BCUT2D eigenvalue weighted by Crippen LogP contribution is 2.20. The number of carboxylic acid groups (broad SMARTS) is 1. The van der Waals surface area contributed by atoms with E-state index in [2.05, 4.69) is 0 Å². The number of carbonyl (C=O) groups excluding carboxylic acids is 1. The lowest BCUT2D eigenvalue weighted by Gasteiger charge is -2.08. The third kappa shape index (κ3) is 2.47. The number of ketones is 1. The fourth-order valence-electron chi connectivity index (χ4n) is 1.88. The second-order valence-corrected chi connectivity index (χ2v) is 4.27. The number of nitrogens with two attached hydrogens (primary N) is 1. The van der Waals surface area contributed by atoms with Crippen LogP contribution in [0.15, 0.2) is 42.5 Å². The number of hydrogen-bond donors (Lipinski definition) is 2. The van der Waals surface area contributed by atoms with Gasteiger partial charge in [0.2, 0.25) is 0 Å². The number of aromatic carboxylic acids is 1. The van der Waals surface area contributed by atoms with Crippen LogP contribution in [0, 0.1) is 6.92 Å². The van der Waals surface area contributed by atoms with E-state index in [1.807, 2.05) is 0 Å². The van der Waals surface area contributed by atoms with E-state index < -0.39 is 5.97 Å². The van der Waals surface area contributed by atoms with E-state index in [4.69, 9.17) is 5.73 Å². The van der Waals surface area contributed by atoms with Gasteiger partial charge in [0, 0.05) is 16.8 Å². The minimum atomic E-state index is -1.12. The van der Waals surface area contributed by atoms with Crippen molar-refractivity contribution >= 4 is 17.4 Å². The number of carbonyl (C=O) groups is 2. The Morgan fingerprint density at radius 3 is 2.32 bits per heavy atom. The van der Waals surface area contributed by atoms with Crippen LogP contribution in [0.4, 0.5) is 5.69 Å². The molecule has 0 fully saturated rings. The van der Waals surface area contributed by atoms with Crippen LogP contribution in [-0.2, 0) is 0 Å². The van der Waals surface area contributed by atoms with Gasteiger partial charge >= 0.3 is 5.97 Å². The Morgan fingerprint density at radius 2 is 1.68 bits per heavy atom. The summed E-state index contributed by atoms with van der Waals surface area (Å²) in [4.78, 5) is 23.6. The van der Waals surface area contributed by atoms with E-state index in [-0.39, 0.29) is 16.9 Å². The number of rotatable bonds is 3. The molecule has 0 heterocycles. The summed E-state index contributed by atoms with van der Waals surface area (Å²) in [7, 11) is 0. The summed E-state index contributed by atoms with van der Waals surface area (Å²) in [5.74, 6) is -1.50. The maximum atomic E-state index is 12.4. The van der Waals surface area contributed by atoms with Crippen molar-refractivity contribution in [2.24, 2.45) is 0 Å². The molecule has 2 aromatic carbocycles. The van der Waals surface area contributed by atoms with Crippen molar-refractivity contribution < 1.29 is 14.7 Å². The van der Waals surface area contributed by atoms with E-state index in [1.54, 1.807) is 37.3 Å². The van der Waals surface area contributed by atoms with Crippen molar-refractivity contribution in [3.05, 3.63) is 64.7 Å². The van der Waals surface area contributed by atoms with Crippen LogP contribution in [0.1, 0.15) is 31.8 Å². The zero-order valence-electron chi connectivity index (χ0n) is 10.4. The molecule has 0 spiro atoms. The first kappa shape index (κ1) is 12.8. The molecule has 0 saturated carbocycles. The Labute approximate surface area is 110 Å². The molecule has 0 radical (unpaired) electrons. The first-order chi connectivity index (χ1) is 9.00. The third-order valence-electron chi connectivity index (χ3n) is 2.86. The molecule has 4 heteroatoms. The summed E-state index contributed by atoms with van der Waals surface area (Å²) < 4.78 is 0. The van der Waals surface area contributed by atoms with Gasteiger partial charge in [0.1, 0.15) is 0 Å². The summed E-state index contributed by atoms with van der Waals surface area (Å²) in [6.45, 7) is 1.78. The summed E-state index contributed by atoms with van der Waals surface area (Å²) in [5, 5.41) is 9.17. The molecule has 19 heavy (non-hydrogen) atoms. The monoisotopic (exact) mass is 255 g/mol. The van der Waals surface area contributed by atoms with Gasteiger partial charge in [0.15, 0.2) is 5.78 Å². The average molecular weight is 255 g/mol. The van der Waals surface area contributed by atoms with Gasteiger partial charge in [-0.3, -0.25) is 4.79 Å². The molecule has 0 bridgehead atoms. The fraction of sp³-hybridized carbons (Fsp3) is 0.0667. The average Bonchev–Trinajstić information content (AvgIpc) is 2.38. The van der Waals surface area contributed by atoms with Gasteiger partial charge in [-0.2, -0.15) is 0 Å². The molecule has 3 N–H and O–H groups in total. The molecule has 0 amide bonds. The lowest BCUT2D eigenvalue weighted by atomic mass is 9.96. The number of para-hydroxylation sites is 1. The Bertz CT molecular complexity index is 662. The first-order valence-corrected chi connectivity index (χ1v) is 5.74. The molecule has 2 rings (SSSR count). The van der Waals surface area contributed by atoms with E-state index in [1.165, 1.54) is 12.1 Å². The van der Waals surface area contributed by atoms with Crippen molar-refractivity contribution in [1.29, 1.82) is 0 Å². The van der Waals surface area contributed by atoms with Gasteiger partial charge in [-0.1, -0.05) is 23.8 Å². The van der Waals surface area contributed by atoms with Crippen molar-refractivity contribution in [1.82, 2.24) is 0 Å². The van der Waals surface area contributed by atoms with Crippen LogP contribution in [0.25, 0.3) is 0 Å². The number of nitrogen functional groups attached to an aromatic ring is 1. The summed E-state index contributed by atoms with van der Waals surface area (Å²) >= 11 is 0. The quantitative estimate of drug-likeness (QED) is 0.652. The highest BCUT2D eigenvalue weighted by atomic mass is 16.4. The third-order valence-corrected chi connectivity index (χ3v) is 2.86. The topological polar surface area (TPSA) is 80.4 Å². The highest BCUT2D eigenvalue weighted by molar-refractivity contribution is 6.16. The summed E-state index contributed by atoms with van der Waals surface area (Å²) in [6, 6.07) is 11.3. The van der Waals surface area contributed by atoms with Gasteiger partial charge in [-0.05, 0) is 31.2 Å². The van der Waals surface area contributed by atoms with E-state index in [0.29, 0.717) is 11.3 Å². The molecule has 0 aromatic heterocycles. The lowest BCUT2D eigenvalue weighted by molar-refractivity contribution is 0.0692. The number of benzene rings is 2. The lowest BCUT2D eigenvalue weighted by Crippen LogP contribution is -2.11. The highest BCUT2D eigenvalue weighted by Gasteiger charge is 2.19. The zero-order chi connectivity index (χ0) is 14.0. The molecule has 0 aliphatic heterocycles. The zero-order valence-corrected chi connectivity index (χ0v) is 10.4. The van der Waals surface area contributed by atoms with E-state index in [0.717, 1.165) is 5.56 Å². The van der Waals surface area contributed by atoms with Gasteiger partial charge in [0.25, 0.3) is 0 Å². The van der Waals surface area contributed by atoms with Crippen LogP contribution in [0.3, 0.4) is 0 Å². The maximum Gasteiger partial charge on any atom is 0.336 e.